The quantitative estimate of drug-likeness (QED) is 0.770. The molecule has 0 aliphatic carbocycles. The van der Waals surface area contributed by atoms with E-state index >= 15 is 0 Å². The van der Waals surface area contributed by atoms with Crippen molar-refractivity contribution < 1.29 is 14.3 Å². The molecule has 0 spiro atoms. The van der Waals surface area contributed by atoms with Gasteiger partial charge in [0, 0.05) is 12.5 Å². The molecule has 0 fully saturated rings. The van der Waals surface area contributed by atoms with Crippen LogP contribution in [0.1, 0.15) is 49.2 Å². The number of aryl methyl sites for hydroxylation is 1. The Morgan fingerprint density at radius 3 is 2.50 bits per heavy atom. The van der Waals surface area contributed by atoms with Crippen LogP contribution in [0.3, 0.4) is 0 Å². The molecule has 0 atom stereocenters. The lowest BCUT2D eigenvalue weighted by atomic mass is 10.2. The highest BCUT2D eigenvalue weighted by atomic mass is 16.5. The Morgan fingerprint density at radius 1 is 1.19 bits per heavy atom. The molecule has 1 aromatic carbocycles. The summed E-state index contributed by atoms with van der Waals surface area (Å²) in [5.41, 5.74) is 1.07. The van der Waals surface area contributed by atoms with Crippen molar-refractivity contribution >= 4 is 17.6 Å². The third-order valence-corrected chi connectivity index (χ3v) is 3.71. The lowest BCUT2D eigenvalue weighted by molar-refractivity contribution is -0.116. The van der Waals surface area contributed by atoms with Crippen molar-refractivity contribution in [3.05, 3.63) is 51.9 Å². The Labute approximate surface area is 152 Å². The van der Waals surface area contributed by atoms with E-state index in [0.717, 1.165) is 16.7 Å². The normalized spacial score (nSPS) is 10.4. The Morgan fingerprint density at radius 2 is 1.88 bits per heavy atom. The maximum atomic E-state index is 12.5. The lowest BCUT2D eigenvalue weighted by Crippen LogP contribution is -2.27. The second-order valence-electron chi connectivity index (χ2n) is 5.86. The summed E-state index contributed by atoms with van der Waals surface area (Å²) in [6.45, 7) is 5.74. The van der Waals surface area contributed by atoms with Crippen LogP contribution in [0, 0.1) is 6.92 Å². The topological polar surface area (TPSA) is 90.3 Å². The van der Waals surface area contributed by atoms with Gasteiger partial charge in [-0.25, -0.2) is 4.79 Å². The molecule has 7 nitrogen and oxygen atoms in total. The summed E-state index contributed by atoms with van der Waals surface area (Å²) in [4.78, 5) is 36.7. The van der Waals surface area contributed by atoms with Crippen LogP contribution < -0.4 is 10.9 Å². The number of nitrogens with one attached hydrogen (secondary N) is 1. The molecule has 1 amide bonds. The average Bonchev–Trinajstić information content (AvgIpc) is 2.61. The largest absolute Gasteiger partial charge is 0.461 e. The molecule has 0 saturated carbocycles. The van der Waals surface area contributed by atoms with E-state index in [9.17, 15) is 14.4 Å². The van der Waals surface area contributed by atoms with Gasteiger partial charge in [0.2, 0.25) is 5.91 Å². The van der Waals surface area contributed by atoms with E-state index in [-0.39, 0.29) is 23.9 Å². The Hall–Kier alpha value is -2.96. The number of hydrogen-bond donors (Lipinski definition) is 1. The van der Waals surface area contributed by atoms with Crippen LogP contribution in [0.2, 0.25) is 0 Å². The van der Waals surface area contributed by atoms with E-state index in [1.54, 1.807) is 19.1 Å². The Kier molecular flexibility index (Phi) is 6.66. The number of ether oxygens (including phenoxy) is 1. The number of rotatable bonds is 7. The van der Waals surface area contributed by atoms with Crippen LogP contribution in [0.5, 0.6) is 0 Å². The number of carbonyl (C=O) groups excluding carboxylic acids is 2. The fourth-order valence-corrected chi connectivity index (χ4v) is 2.32. The molecule has 0 aliphatic heterocycles. The van der Waals surface area contributed by atoms with Crippen molar-refractivity contribution in [3.8, 4) is 5.69 Å². The predicted octanol–water partition coefficient (Wildman–Crippen LogP) is 2.85. The summed E-state index contributed by atoms with van der Waals surface area (Å²) in [7, 11) is 0. The minimum absolute atomic E-state index is 0.0675. The van der Waals surface area contributed by atoms with Gasteiger partial charge < -0.3 is 10.1 Å². The fourth-order valence-electron chi connectivity index (χ4n) is 2.32. The summed E-state index contributed by atoms with van der Waals surface area (Å²) in [5, 5.41) is 6.74. The number of amides is 1. The van der Waals surface area contributed by atoms with Gasteiger partial charge in [-0.05, 0) is 32.4 Å². The monoisotopic (exact) mass is 357 g/mol. The van der Waals surface area contributed by atoms with Crippen LogP contribution in [0.4, 0.5) is 5.69 Å². The number of carbonyl (C=O) groups is 2. The molecule has 1 aromatic heterocycles. The number of nitrogens with zero attached hydrogens (tertiary/aromatic N) is 2. The second-order valence-corrected chi connectivity index (χ2v) is 5.86. The van der Waals surface area contributed by atoms with Crippen LogP contribution in [0.25, 0.3) is 5.69 Å². The van der Waals surface area contributed by atoms with Crippen LogP contribution >= 0.6 is 0 Å². The Balaban J connectivity index is 2.46. The van der Waals surface area contributed by atoms with E-state index in [1.807, 2.05) is 26.0 Å². The number of benzene rings is 1. The molecule has 1 N–H and O–H groups in total. The molecule has 0 radical (unpaired) electrons. The van der Waals surface area contributed by atoms with E-state index in [4.69, 9.17) is 4.74 Å². The van der Waals surface area contributed by atoms with Crippen molar-refractivity contribution in [1.29, 1.82) is 0 Å². The number of hydrogen-bond acceptors (Lipinski definition) is 5. The zero-order chi connectivity index (χ0) is 19.1. The van der Waals surface area contributed by atoms with E-state index in [1.165, 1.54) is 6.07 Å². The van der Waals surface area contributed by atoms with E-state index < -0.39 is 11.5 Å². The first kappa shape index (κ1) is 19.4. The molecule has 0 saturated heterocycles. The van der Waals surface area contributed by atoms with Gasteiger partial charge in [0.05, 0.1) is 18.0 Å². The molecule has 2 rings (SSSR count). The molecule has 0 bridgehead atoms. The maximum Gasteiger partial charge on any atom is 0.360 e. The minimum Gasteiger partial charge on any atom is -0.461 e. The summed E-state index contributed by atoms with van der Waals surface area (Å²) in [6, 6.07) is 8.35. The van der Waals surface area contributed by atoms with Gasteiger partial charge in [-0.1, -0.05) is 31.0 Å². The van der Waals surface area contributed by atoms with Crippen molar-refractivity contribution in [2.24, 2.45) is 0 Å². The third kappa shape index (κ3) is 4.78. The summed E-state index contributed by atoms with van der Waals surface area (Å²) in [5.74, 6) is -0.967. The van der Waals surface area contributed by atoms with Crippen LogP contribution in [-0.4, -0.2) is 28.3 Å². The average molecular weight is 357 g/mol. The van der Waals surface area contributed by atoms with Gasteiger partial charge in [-0.15, -0.1) is 0 Å². The molecule has 2 aromatic rings. The van der Waals surface area contributed by atoms with Gasteiger partial charge >= 0.3 is 5.97 Å². The van der Waals surface area contributed by atoms with Gasteiger partial charge in [0.25, 0.3) is 5.56 Å². The summed E-state index contributed by atoms with van der Waals surface area (Å²) >= 11 is 0. The van der Waals surface area contributed by atoms with Gasteiger partial charge in [-0.3, -0.25) is 9.59 Å². The molecule has 138 valence electrons. The molecular formula is C19H23N3O4. The number of unbranched alkanes of at least 4 members (excludes halogenated alkanes) is 1. The molecule has 7 heteroatoms. The lowest BCUT2D eigenvalue weighted by Gasteiger charge is -2.12. The molecule has 1 heterocycles. The first-order valence-corrected chi connectivity index (χ1v) is 8.64. The molecule has 0 unspecified atom stereocenters. The van der Waals surface area contributed by atoms with E-state index in [2.05, 4.69) is 10.4 Å². The van der Waals surface area contributed by atoms with Gasteiger partial charge in [0.15, 0.2) is 5.69 Å². The van der Waals surface area contributed by atoms with Crippen molar-refractivity contribution in [2.45, 2.75) is 40.0 Å². The highest BCUT2D eigenvalue weighted by Crippen LogP contribution is 2.15. The van der Waals surface area contributed by atoms with Crippen molar-refractivity contribution in [2.75, 3.05) is 11.9 Å². The number of anilines is 1. The Bertz CT molecular complexity index is 841. The number of aromatic nitrogens is 2. The smallest absolute Gasteiger partial charge is 0.360 e. The van der Waals surface area contributed by atoms with Crippen molar-refractivity contribution in [1.82, 2.24) is 9.78 Å². The zero-order valence-corrected chi connectivity index (χ0v) is 15.2. The SMILES string of the molecule is CCCCC(=O)Nc1cc(=O)n(-c2ccc(C)cc2)nc1C(=O)OCC. The zero-order valence-electron chi connectivity index (χ0n) is 15.2. The molecule has 26 heavy (non-hydrogen) atoms. The standard InChI is InChI=1S/C19H23N3O4/c1-4-6-7-16(23)20-15-12-17(24)22(14-10-8-13(3)9-11-14)21-18(15)19(25)26-5-2/h8-12H,4-7H2,1-3H3,(H,20,23). The van der Waals surface area contributed by atoms with Gasteiger partial charge in [-0.2, -0.15) is 9.78 Å². The second kappa shape index (κ2) is 8.94. The fraction of sp³-hybridized carbons (Fsp3) is 0.368. The van der Waals surface area contributed by atoms with Crippen LogP contribution in [-0.2, 0) is 9.53 Å². The maximum absolute atomic E-state index is 12.5. The highest BCUT2D eigenvalue weighted by Gasteiger charge is 2.19. The molecular weight excluding hydrogens is 334 g/mol. The summed E-state index contributed by atoms with van der Waals surface area (Å²) in [6.07, 6.45) is 1.89. The first-order chi connectivity index (χ1) is 12.5. The van der Waals surface area contributed by atoms with Crippen LogP contribution in [0.15, 0.2) is 35.1 Å². The summed E-state index contributed by atoms with van der Waals surface area (Å²) < 4.78 is 6.13. The highest BCUT2D eigenvalue weighted by molar-refractivity contribution is 5.99. The third-order valence-electron chi connectivity index (χ3n) is 3.71. The number of esters is 1. The molecule has 0 aliphatic rings. The van der Waals surface area contributed by atoms with Crippen molar-refractivity contribution in [3.63, 3.8) is 0 Å². The predicted molar refractivity (Wildman–Crippen MR) is 98.7 cm³/mol. The van der Waals surface area contributed by atoms with E-state index in [0.29, 0.717) is 18.5 Å². The minimum atomic E-state index is -0.695. The first-order valence-electron chi connectivity index (χ1n) is 8.64. The van der Waals surface area contributed by atoms with Gasteiger partial charge in [0.1, 0.15) is 0 Å².